The van der Waals surface area contributed by atoms with Crippen LogP contribution < -0.4 is 57.5 Å². The minimum absolute atomic E-state index is 0.00494. The number of carboxylic acids is 1. The lowest BCUT2D eigenvalue weighted by Crippen LogP contribution is -2.59. The van der Waals surface area contributed by atoms with Crippen molar-refractivity contribution in [3.05, 3.63) is 29.3 Å². The predicted molar refractivity (Wildman–Crippen MR) is 413 cm³/mol. The summed E-state index contributed by atoms with van der Waals surface area (Å²) in [5.74, 6) is -8.54. The topological polar surface area (TPSA) is 765 Å². The number of nitrogens with one attached hydrogen (secondary N) is 9. The summed E-state index contributed by atoms with van der Waals surface area (Å²) in [6.07, 6.45) is -32.3. The summed E-state index contributed by atoms with van der Waals surface area (Å²) in [4.78, 5) is 146. The molecule has 1 aromatic rings. The van der Waals surface area contributed by atoms with Crippen LogP contribution in [0.2, 0.25) is 0 Å². The second-order valence-electron chi connectivity index (χ2n) is 28.7. The number of thioether (sulfide) groups is 1. The van der Waals surface area contributed by atoms with E-state index in [1.807, 2.05) is 0 Å². The molecule has 0 aliphatic carbocycles. The van der Waals surface area contributed by atoms with E-state index in [1.165, 1.54) is 0 Å². The first-order valence-corrected chi connectivity index (χ1v) is 42.4. The molecule has 51 heteroatoms. The van der Waals surface area contributed by atoms with Gasteiger partial charge < -0.3 is 191 Å². The molecule has 123 heavy (non-hydrogen) atoms. The van der Waals surface area contributed by atoms with E-state index in [-0.39, 0.29) is 82.9 Å². The summed E-state index contributed by atoms with van der Waals surface area (Å²) in [5.41, 5.74) is -0.896. The average molecular weight is 1810 g/mol. The zero-order valence-corrected chi connectivity index (χ0v) is 69.2. The summed E-state index contributed by atoms with van der Waals surface area (Å²) < 4.78 is 69.3. The van der Waals surface area contributed by atoms with E-state index >= 15 is 0 Å². The van der Waals surface area contributed by atoms with Crippen LogP contribution in [-0.2, 0) is 89.9 Å². The number of hydrogen-bond acceptors (Lipinski definition) is 40. The van der Waals surface area contributed by atoms with Crippen LogP contribution in [0.4, 0.5) is 0 Å². The molecule has 704 valence electrons. The third-order valence-electron chi connectivity index (χ3n) is 19.4. The van der Waals surface area contributed by atoms with Gasteiger partial charge in [-0.25, -0.2) is 0 Å². The third-order valence-corrected chi connectivity index (χ3v) is 21.6. The molecular weight excluding hydrogens is 1690 g/mol. The fourth-order valence-electron chi connectivity index (χ4n) is 12.4. The first kappa shape index (κ1) is 107. The number of aliphatic carboxylic acids is 1. The molecule has 0 radical (unpaired) electrons. The molecule has 0 aromatic heterocycles. The minimum atomic E-state index is -4.31. The van der Waals surface area contributed by atoms with E-state index in [4.69, 9.17) is 42.6 Å². The number of rotatable bonds is 58. The molecule has 24 atom stereocenters. The Morgan fingerprint density at radius 1 is 0.415 bits per heavy atom. The highest BCUT2D eigenvalue weighted by Crippen LogP contribution is 2.37. The maximum absolute atomic E-state index is 14.7. The normalized spacial score (nSPS) is 27.6. The maximum Gasteiger partial charge on any atom is 0.305 e. The van der Waals surface area contributed by atoms with E-state index in [9.17, 15) is 144 Å². The van der Waals surface area contributed by atoms with Gasteiger partial charge in [0.25, 0.3) is 19.6 Å². The Hall–Kier alpha value is -6.78. The molecule has 0 saturated carbocycles. The Kier molecular flexibility index (Phi) is 49.0. The molecule has 5 rings (SSSR count). The number of phosphoric ester groups is 1. The van der Waals surface area contributed by atoms with Gasteiger partial charge in [0, 0.05) is 88.9 Å². The van der Waals surface area contributed by atoms with Gasteiger partial charge in [0.15, 0.2) is 25.2 Å². The van der Waals surface area contributed by atoms with Crippen LogP contribution >= 0.6 is 19.6 Å². The van der Waals surface area contributed by atoms with Gasteiger partial charge in [-0.3, -0.25) is 52.5 Å². The number of carboxylic acid groups (broad SMARTS) is 1. The molecule has 4 heterocycles. The molecule has 4 saturated heterocycles. The van der Waals surface area contributed by atoms with E-state index < -0.39 is 297 Å². The zero-order chi connectivity index (χ0) is 90.9. The number of unbranched alkanes of at least 4 members (excludes halogenated alkanes) is 5. The highest BCUT2D eigenvalue weighted by molar-refractivity contribution is 8.00. The lowest BCUT2D eigenvalue weighted by atomic mass is 9.99. The van der Waals surface area contributed by atoms with Crippen LogP contribution in [0.1, 0.15) is 111 Å². The van der Waals surface area contributed by atoms with Crippen LogP contribution in [0, 0.1) is 0 Å². The van der Waals surface area contributed by atoms with Gasteiger partial charge in [-0.05, 0) is 56.7 Å². The Labute approximate surface area is 709 Å². The van der Waals surface area contributed by atoms with E-state index in [1.54, 1.807) is 0 Å². The lowest BCUT2D eigenvalue weighted by molar-refractivity contribution is -0.300. The maximum atomic E-state index is 14.7. The van der Waals surface area contributed by atoms with Crippen molar-refractivity contribution in [2.75, 3.05) is 125 Å². The molecule has 0 spiro atoms. The highest BCUT2D eigenvalue weighted by Gasteiger charge is 2.48. The lowest BCUT2D eigenvalue weighted by Gasteiger charge is -2.39. The summed E-state index contributed by atoms with van der Waals surface area (Å²) in [6.45, 7) is -6.50. The first-order chi connectivity index (χ1) is 58.6. The monoisotopic (exact) mass is 1810 g/mol. The molecule has 26 N–H and O–H groups in total. The molecule has 12 unspecified atom stereocenters. The fraction of sp³-hybridized carbons (Fsp3) is 0.778. The van der Waals surface area contributed by atoms with Crippen LogP contribution in [-0.4, -0.2) is 411 Å². The Bertz CT molecular complexity index is 3310. The summed E-state index contributed by atoms with van der Waals surface area (Å²) >= 11 is 0.994. The SMILES string of the molecule is COP(=O)([O-])OCCCCCCNC(=O)CCSC(CC(=O)O)C(=O)NCCCCCC(=O)NCCOc1cc(C(=O)NC(CCC(=O)NCCO[C@H]2OC(CO)[C@@H](O)[C@H](O)C2O)C(=O)NCCO[C@H]2OC(CO)[C@@H](O)[C@H](O)C2O)cc(C(=O)NC(CCC(=O)NCCO[C@H]2OC(CO)[C@@H](O)[C@H](O)C2O)C(=O)NCCO[C@H]2OC(CO)[C@@H](O)[C@H](O)C2O)c1. The van der Waals surface area contributed by atoms with Gasteiger partial charge in [0.05, 0.1) is 77.7 Å². The quantitative estimate of drug-likeness (QED) is 0.0213. The predicted octanol–water partition coefficient (Wildman–Crippen LogP) is -11.9. The molecule has 9 amide bonds. The Morgan fingerprint density at radius 2 is 0.756 bits per heavy atom. The van der Waals surface area contributed by atoms with E-state index in [2.05, 4.69) is 56.9 Å². The third kappa shape index (κ3) is 36.8. The van der Waals surface area contributed by atoms with Crippen LogP contribution in [0.25, 0.3) is 0 Å². The Balaban J connectivity index is 1.31. The van der Waals surface area contributed by atoms with Crippen molar-refractivity contribution in [1.82, 2.24) is 47.9 Å². The number of hydrogen-bond donors (Lipinski definition) is 26. The van der Waals surface area contributed by atoms with Gasteiger partial charge in [-0.1, -0.05) is 19.3 Å². The molecular formula is C72H119N9O40PS-. The number of carbonyl (C=O) groups is 10. The number of aliphatic hydroxyl groups excluding tert-OH is 16. The van der Waals surface area contributed by atoms with Crippen molar-refractivity contribution in [1.29, 1.82) is 0 Å². The average Bonchev–Trinajstić information content (AvgIpc) is 0.827. The number of carbonyl (C=O) groups excluding carboxylic acids is 9. The van der Waals surface area contributed by atoms with Gasteiger partial charge in [-0.2, -0.15) is 0 Å². The van der Waals surface area contributed by atoms with Crippen LogP contribution in [0.15, 0.2) is 18.2 Å². The zero-order valence-electron chi connectivity index (χ0n) is 67.5. The molecule has 1 aromatic carbocycles. The van der Waals surface area contributed by atoms with Crippen molar-refractivity contribution in [2.24, 2.45) is 0 Å². The van der Waals surface area contributed by atoms with Crippen molar-refractivity contribution in [3.8, 4) is 5.75 Å². The van der Waals surface area contributed by atoms with Crippen molar-refractivity contribution >= 4 is 78.7 Å². The molecule has 4 aliphatic rings. The number of ether oxygens (including phenoxy) is 9. The highest BCUT2D eigenvalue weighted by atomic mass is 32.2. The van der Waals surface area contributed by atoms with Crippen LogP contribution in [0.3, 0.4) is 0 Å². The minimum Gasteiger partial charge on any atom is -0.756 e. The molecule has 0 bridgehead atoms. The number of amides is 9. The number of phosphoric acid groups is 1. The van der Waals surface area contributed by atoms with Gasteiger partial charge >= 0.3 is 5.97 Å². The Morgan fingerprint density at radius 3 is 1.15 bits per heavy atom. The fourth-order valence-corrected chi connectivity index (χ4v) is 13.9. The molecule has 4 fully saturated rings. The van der Waals surface area contributed by atoms with Gasteiger partial charge in [-0.15, -0.1) is 11.8 Å². The van der Waals surface area contributed by atoms with Crippen molar-refractivity contribution in [2.45, 2.75) is 230 Å². The van der Waals surface area contributed by atoms with Gasteiger partial charge in [0.1, 0.15) is 122 Å². The second-order valence-corrected chi connectivity index (χ2v) is 31.5. The smallest absolute Gasteiger partial charge is 0.305 e. The largest absolute Gasteiger partial charge is 0.756 e. The number of benzene rings is 1. The van der Waals surface area contributed by atoms with Crippen molar-refractivity contribution in [3.63, 3.8) is 0 Å². The first-order valence-electron chi connectivity index (χ1n) is 39.9. The summed E-state index contributed by atoms with van der Waals surface area (Å²) in [5, 5.41) is 193. The van der Waals surface area contributed by atoms with Crippen molar-refractivity contribution < 1.29 is 196 Å². The standard InChI is InChI=1S/C72H120N9O40PS/c1-111-122(109,110)117-22-8-3-2-6-15-73-50(89)14-28-123-46(32-51(90)91)68(108)77-16-7-4-5-9-47(86)74-17-23-112-39-30-37(64(104)80-40(66(106)78-20-26-115-71-62(102)58(98)54(94)44(35-84)120-71)10-12-48(87)75-18-24-113-69-60(100)56(96)52(92)42(33-82)118-69)29-38(31-39)65(105)81-41(67(107)79-21-27-116-72-63(103)59(99)55(95)45(36-85)121-72)11-13-49(88)76-19-25-114-70-61(101)57(97)53(93)43(34-83)119-70/h29-31,40-46,52-63,69-72,82-85,92-103H,2-28,32-36H2,1H3,(H,73,89)(H,74,86)(H,75,87)(H,76,88)(H,77,108)(H,78,106)(H,79,107)(H,80,104)(H,81,105)(H,90,91)(H,109,110)/p-1/t40?,41?,42?,43?,44?,45?,46?,52-,53-,54-,55-,56+,57+,58+,59+,60?,61?,62?,63?,69+,70+,71+,72+/m1/s1. The number of aliphatic hydroxyl groups is 16. The summed E-state index contributed by atoms with van der Waals surface area (Å²) in [6, 6.07) is -0.177. The van der Waals surface area contributed by atoms with E-state index in [0.717, 1.165) is 37.1 Å². The van der Waals surface area contributed by atoms with Gasteiger partial charge in [0.2, 0.25) is 41.4 Å². The van der Waals surface area contributed by atoms with Crippen LogP contribution in [0.5, 0.6) is 5.75 Å². The summed E-state index contributed by atoms with van der Waals surface area (Å²) in [7, 11) is -3.32. The molecule has 49 nitrogen and oxygen atoms in total. The second kappa shape index (κ2) is 56.4. The molecule has 4 aliphatic heterocycles. The van der Waals surface area contributed by atoms with E-state index in [0.29, 0.717) is 51.5 Å².